The standard InChI is InChI=1S/C21H24N2O3/c1-15(19-7-5-6-8-20(19)26-4)23(3)21(25)14-11-17-9-12-18(13-10-17)22-16(2)24/h5-15H,1-4H3,(H,22,24)/b14-11+. The number of carbonyl (C=O) groups is 2. The van der Waals surface area contributed by atoms with Crippen molar-refractivity contribution in [2.45, 2.75) is 19.9 Å². The summed E-state index contributed by atoms with van der Waals surface area (Å²) in [4.78, 5) is 25.2. The van der Waals surface area contributed by atoms with Gasteiger partial charge in [0.2, 0.25) is 11.8 Å². The minimum Gasteiger partial charge on any atom is -0.496 e. The number of nitrogens with one attached hydrogen (secondary N) is 1. The van der Waals surface area contributed by atoms with E-state index in [1.807, 2.05) is 43.3 Å². The summed E-state index contributed by atoms with van der Waals surface area (Å²) in [5.41, 5.74) is 2.56. The molecule has 0 spiro atoms. The van der Waals surface area contributed by atoms with Crippen molar-refractivity contribution in [2.24, 2.45) is 0 Å². The van der Waals surface area contributed by atoms with Gasteiger partial charge in [0.25, 0.3) is 0 Å². The third-order valence-electron chi connectivity index (χ3n) is 4.17. The minimum atomic E-state index is -0.120. The zero-order chi connectivity index (χ0) is 19.1. The molecule has 0 fully saturated rings. The summed E-state index contributed by atoms with van der Waals surface area (Å²) in [5, 5.41) is 2.71. The predicted octanol–water partition coefficient (Wildman–Crippen LogP) is 3.89. The molecule has 0 saturated heterocycles. The van der Waals surface area contributed by atoms with Crippen molar-refractivity contribution < 1.29 is 14.3 Å². The van der Waals surface area contributed by atoms with E-state index >= 15 is 0 Å². The molecule has 5 nitrogen and oxygen atoms in total. The molecule has 26 heavy (non-hydrogen) atoms. The van der Waals surface area contributed by atoms with Crippen LogP contribution in [-0.2, 0) is 9.59 Å². The third kappa shape index (κ3) is 4.96. The Bertz CT molecular complexity index is 797. The third-order valence-corrected chi connectivity index (χ3v) is 4.17. The van der Waals surface area contributed by atoms with Crippen LogP contribution in [0.4, 0.5) is 5.69 Å². The molecule has 2 amide bonds. The molecule has 0 radical (unpaired) electrons. The lowest BCUT2D eigenvalue weighted by molar-refractivity contribution is -0.126. The van der Waals surface area contributed by atoms with Crippen LogP contribution in [0.1, 0.15) is 31.0 Å². The van der Waals surface area contributed by atoms with Gasteiger partial charge in [0.05, 0.1) is 13.2 Å². The number of methoxy groups -OCH3 is 1. The van der Waals surface area contributed by atoms with Crippen LogP contribution in [0.5, 0.6) is 5.75 Å². The van der Waals surface area contributed by atoms with Gasteiger partial charge in [0, 0.05) is 31.3 Å². The highest BCUT2D eigenvalue weighted by atomic mass is 16.5. The number of carbonyl (C=O) groups excluding carboxylic acids is 2. The number of ether oxygens (including phenoxy) is 1. The Morgan fingerprint density at radius 2 is 1.77 bits per heavy atom. The van der Waals surface area contributed by atoms with Crippen LogP contribution in [0, 0.1) is 0 Å². The lowest BCUT2D eigenvalue weighted by Crippen LogP contribution is -2.28. The van der Waals surface area contributed by atoms with Crippen molar-refractivity contribution >= 4 is 23.6 Å². The summed E-state index contributed by atoms with van der Waals surface area (Å²) in [5.74, 6) is 0.543. The van der Waals surface area contributed by atoms with E-state index < -0.39 is 0 Å². The molecular formula is C21H24N2O3. The smallest absolute Gasteiger partial charge is 0.246 e. The molecule has 136 valence electrons. The number of para-hydroxylation sites is 1. The molecule has 0 aromatic heterocycles. The maximum absolute atomic E-state index is 12.5. The quantitative estimate of drug-likeness (QED) is 0.803. The first-order valence-corrected chi connectivity index (χ1v) is 8.38. The fourth-order valence-corrected chi connectivity index (χ4v) is 2.58. The Balaban J connectivity index is 2.06. The summed E-state index contributed by atoms with van der Waals surface area (Å²) in [7, 11) is 3.39. The van der Waals surface area contributed by atoms with E-state index in [9.17, 15) is 9.59 Å². The number of hydrogen-bond donors (Lipinski definition) is 1. The van der Waals surface area contributed by atoms with Crippen LogP contribution in [-0.4, -0.2) is 30.9 Å². The second-order valence-corrected chi connectivity index (χ2v) is 6.00. The van der Waals surface area contributed by atoms with E-state index in [-0.39, 0.29) is 17.9 Å². The molecule has 5 heteroatoms. The van der Waals surface area contributed by atoms with Crippen molar-refractivity contribution in [1.82, 2.24) is 4.90 Å². The fraction of sp³-hybridized carbons (Fsp3) is 0.238. The maximum Gasteiger partial charge on any atom is 0.246 e. The Morgan fingerprint density at radius 1 is 1.12 bits per heavy atom. The molecule has 1 N–H and O–H groups in total. The highest BCUT2D eigenvalue weighted by Crippen LogP contribution is 2.28. The predicted molar refractivity (Wildman–Crippen MR) is 104 cm³/mol. The summed E-state index contributed by atoms with van der Waals surface area (Å²) in [6, 6.07) is 14.8. The van der Waals surface area contributed by atoms with Crippen molar-refractivity contribution in [3.8, 4) is 5.75 Å². The molecule has 2 rings (SSSR count). The summed E-state index contributed by atoms with van der Waals surface area (Å²) < 4.78 is 5.38. The van der Waals surface area contributed by atoms with Crippen LogP contribution in [0.2, 0.25) is 0 Å². The molecule has 1 atom stereocenters. The molecule has 0 aliphatic heterocycles. The van der Waals surface area contributed by atoms with Crippen molar-refractivity contribution in [1.29, 1.82) is 0 Å². The number of benzene rings is 2. The van der Waals surface area contributed by atoms with Crippen LogP contribution in [0.3, 0.4) is 0 Å². The van der Waals surface area contributed by atoms with Gasteiger partial charge in [-0.2, -0.15) is 0 Å². The Kier molecular flexibility index (Phi) is 6.55. The molecule has 1 unspecified atom stereocenters. The lowest BCUT2D eigenvalue weighted by Gasteiger charge is -2.25. The first kappa shape index (κ1) is 19.2. The number of nitrogens with zero attached hydrogens (tertiary/aromatic N) is 1. The van der Waals surface area contributed by atoms with E-state index in [0.29, 0.717) is 0 Å². The van der Waals surface area contributed by atoms with Gasteiger partial charge in [-0.05, 0) is 36.8 Å². The second kappa shape index (κ2) is 8.85. The highest BCUT2D eigenvalue weighted by Gasteiger charge is 2.18. The van der Waals surface area contributed by atoms with Crippen LogP contribution in [0.25, 0.3) is 6.08 Å². The SMILES string of the molecule is COc1ccccc1C(C)N(C)C(=O)/C=C/c1ccc(NC(C)=O)cc1. The van der Waals surface area contributed by atoms with E-state index in [2.05, 4.69) is 5.32 Å². The van der Waals surface area contributed by atoms with Crippen molar-refractivity contribution in [3.05, 3.63) is 65.7 Å². The number of likely N-dealkylation sites (N-methyl/N-ethyl adjacent to an activating group) is 1. The highest BCUT2D eigenvalue weighted by molar-refractivity contribution is 5.92. The van der Waals surface area contributed by atoms with E-state index in [1.165, 1.54) is 6.92 Å². The van der Waals surface area contributed by atoms with Gasteiger partial charge in [0.1, 0.15) is 5.75 Å². The Hall–Kier alpha value is -3.08. The van der Waals surface area contributed by atoms with Gasteiger partial charge in [-0.25, -0.2) is 0 Å². The zero-order valence-electron chi connectivity index (χ0n) is 15.5. The monoisotopic (exact) mass is 352 g/mol. The summed E-state index contributed by atoms with van der Waals surface area (Å²) in [6.07, 6.45) is 3.30. The summed E-state index contributed by atoms with van der Waals surface area (Å²) in [6.45, 7) is 3.43. The maximum atomic E-state index is 12.5. The van der Waals surface area contributed by atoms with Crippen molar-refractivity contribution in [2.75, 3.05) is 19.5 Å². The van der Waals surface area contributed by atoms with Gasteiger partial charge >= 0.3 is 0 Å². The van der Waals surface area contributed by atoms with Crippen LogP contribution in [0.15, 0.2) is 54.6 Å². The molecule has 0 heterocycles. The summed E-state index contributed by atoms with van der Waals surface area (Å²) >= 11 is 0. The molecule has 0 aliphatic rings. The van der Waals surface area contributed by atoms with Gasteiger partial charge < -0.3 is 15.0 Å². The van der Waals surface area contributed by atoms with E-state index in [1.54, 1.807) is 43.3 Å². The van der Waals surface area contributed by atoms with Gasteiger partial charge in [-0.15, -0.1) is 0 Å². The molecule has 0 aliphatic carbocycles. The molecule has 0 saturated carbocycles. The minimum absolute atomic E-state index is 0.102. The molecule has 0 bridgehead atoms. The normalized spacial score (nSPS) is 11.8. The average molecular weight is 352 g/mol. The largest absolute Gasteiger partial charge is 0.496 e. The number of anilines is 1. The molecular weight excluding hydrogens is 328 g/mol. The van der Waals surface area contributed by atoms with Crippen molar-refractivity contribution in [3.63, 3.8) is 0 Å². The van der Waals surface area contributed by atoms with Gasteiger partial charge in [-0.3, -0.25) is 9.59 Å². The number of amides is 2. The molecule has 2 aromatic carbocycles. The first-order valence-electron chi connectivity index (χ1n) is 8.38. The number of hydrogen-bond acceptors (Lipinski definition) is 3. The zero-order valence-corrected chi connectivity index (χ0v) is 15.5. The first-order chi connectivity index (χ1) is 12.4. The Morgan fingerprint density at radius 3 is 2.38 bits per heavy atom. The topological polar surface area (TPSA) is 58.6 Å². The fourth-order valence-electron chi connectivity index (χ4n) is 2.58. The number of rotatable bonds is 6. The van der Waals surface area contributed by atoms with E-state index in [0.717, 1.165) is 22.6 Å². The second-order valence-electron chi connectivity index (χ2n) is 6.00. The van der Waals surface area contributed by atoms with Crippen LogP contribution >= 0.6 is 0 Å². The van der Waals surface area contributed by atoms with Gasteiger partial charge in [0.15, 0.2) is 0 Å². The van der Waals surface area contributed by atoms with E-state index in [4.69, 9.17) is 4.74 Å². The lowest BCUT2D eigenvalue weighted by atomic mass is 10.1. The average Bonchev–Trinajstić information content (AvgIpc) is 2.65. The van der Waals surface area contributed by atoms with Crippen LogP contribution < -0.4 is 10.1 Å². The molecule has 2 aromatic rings. The van der Waals surface area contributed by atoms with Gasteiger partial charge in [-0.1, -0.05) is 30.3 Å². The Labute approximate surface area is 154 Å².